The summed E-state index contributed by atoms with van der Waals surface area (Å²) >= 11 is 0. The largest absolute Gasteiger partial charge is 0.465 e. The first-order valence-corrected chi connectivity index (χ1v) is 6.64. The third-order valence-electron chi connectivity index (χ3n) is 2.82. The number of benzene rings is 1. The zero-order chi connectivity index (χ0) is 15.9. The summed E-state index contributed by atoms with van der Waals surface area (Å²) in [6.45, 7) is 0.608. The molecule has 8 nitrogen and oxygen atoms in total. The fourth-order valence-electron chi connectivity index (χ4n) is 1.81. The molecule has 116 valence electrons. The summed E-state index contributed by atoms with van der Waals surface area (Å²) < 4.78 is 5.60. The first-order valence-electron chi connectivity index (χ1n) is 6.64. The van der Waals surface area contributed by atoms with E-state index in [0.29, 0.717) is 30.3 Å². The number of aromatic nitrogens is 2. The summed E-state index contributed by atoms with van der Waals surface area (Å²) in [5, 5.41) is 10.8. The standard InChI is InChI=1S/C14H17N5O3/c15-8-10-7-12(19-13(16)18-10)22-11-3-1-9(2-4-11)5-6-17-14(20)21/h1-4,7,17H,5-6,8,15H2,(H,20,21)(H2,16,18,19). The van der Waals surface area contributed by atoms with Crippen LogP contribution in [-0.4, -0.2) is 27.7 Å². The number of carboxylic acid groups (broad SMARTS) is 1. The highest BCUT2D eigenvalue weighted by Gasteiger charge is 2.04. The monoisotopic (exact) mass is 303 g/mol. The van der Waals surface area contributed by atoms with Crippen LogP contribution in [0.5, 0.6) is 11.6 Å². The van der Waals surface area contributed by atoms with Gasteiger partial charge in [0.2, 0.25) is 11.8 Å². The molecule has 0 saturated heterocycles. The lowest BCUT2D eigenvalue weighted by Crippen LogP contribution is -2.23. The molecule has 0 spiro atoms. The van der Waals surface area contributed by atoms with Crippen LogP contribution in [0.1, 0.15) is 11.3 Å². The SMILES string of the molecule is NCc1cc(Oc2ccc(CCNC(=O)O)cc2)nc(N)n1. The normalized spacial score (nSPS) is 10.2. The molecule has 0 bridgehead atoms. The van der Waals surface area contributed by atoms with Crippen molar-refractivity contribution in [3.8, 4) is 11.6 Å². The number of nitrogens with zero attached hydrogens (tertiary/aromatic N) is 2. The lowest BCUT2D eigenvalue weighted by Gasteiger charge is -2.08. The van der Waals surface area contributed by atoms with Crippen molar-refractivity contribution in [2.24, 2.45) is 5.73 Å². The molecule has 1 aromatic heterocycles. The summed E-state index contributed by atoms with van der Waals surface area (Å²) in [6.07, 6.45) is -0.429. The number of hydrogen-bond donors (Lipinski definition) is 4. The molecule has 0 aliphatic rings. The van der Waals surface area contributed by atoms with E-state index < -0.39 is 6.09 Å². The van der Waals surface area contributed by atoms with E-state index in [9.17, 15) is 4.79 Å². The number of nitrogens with two attached hydrogens (primary N) is 2. The van der Waals surface area contributed by atoms with Gasteiger partial charge in [0, 0.05) is 19.2 Å². The quantitative estimate of drug-likeness (QED) is 0.627. The van der Waals surface area contributed by atoms with E-state index in [1.54, 1.807) is 18.2 Å². The van der Waals surface area contributed by atoms with Gasteiger partial charge in [-0.2, -0.15) is 4.98 Å². The highest BCUT2D eigenvalue weighted by atomic mass is 16.5. The van der Waals surface area contributed by atoms with Gasteiger partial charge in [-0.05, 0) is 24.1 Å². The lowest BCUT2D eigenvalue weighted by molar-refractivity contribution is 0.194. The van der Waals surface area contributed by atoms with Crippen molar-refractivity contribution in [3.63, 3.8) is 0 Å². The molecule has 1 heterocycles. The Kier molecular flexibility index (Phi) is 5.10. The van der Waals surface area contributed by atoms with Crippen LogP contribution >= 0.6 is 0 Å². The first-order chi connectivity index (χ1) is 10.6. The summed E-state index contributed by atoms with van der Waals surface area (Å²) in [5.74, 6) is 1.03. The molecule has 0 atom stereocenters. The highest BCUT2D eigenvalue weighted by molar-refractivity contribution is 5.64. The third kappa shape index (κ3) is 4.60. The highest BCUT2D eigenvalue weighted by Crippen LogP contribution is 2.21. The van der Waals surface area contributed by atoms with Crippen LogP contribution < -0.4 is 21.5 Å². The predicted octanol–water partition coefficient (Wildman–Crippen LogP) is 1.12. The average molecular weight is 303 g/mol. The van der Waals surface area contributed by atoms with Gasteiger partial charge in [0.1, 0.15) is 5.75 Å². The minimum absolute atomic E-state index is 0.106. The Hall–Kier alpha value is -2.87. The zero-order valence-corrected chi connectivity index (χ0v) is 11.8. The fourth-order valence-corrected chi connectivity index (χ4v) is 1.81. The number of rotatable bonds is 6. The molecule has 1 aromatic carbocycles. The Morgan fingerprint density at radius 3 is 2.64 bits per heavy atom. The van der Waals surface area contributed by atoms with E-state index in [1.807, 2.05) is 12.1 Å². The summed E-state index contributed by atoms with van der Waals surface area (Å²) in [4.78, 5) is 18.3. The van der Waals surface area contributed by atoms with Crippen LogP contribution in [0.4, 0.5) is 10.7 Å². The smallest absolute Gasteiger partial charge is 0.404 e. The van der Waals surface area contributed by atoms with Gasteiger partial charge in [0.25, 0.3) is 0 Å². The third-order valence-corrected chi connectivity index (χ3v) is 2.82. The van der Waals surface area contributed by atoms with Crippen molar-refractivity contribution in [1.29, 1.82) is 0 Å². The van der Waals surface area contributed by atoms with Crippen LogP contribution in [0.2, 0.25) is 0 Å². The second-order valence-electron chi connectivity index (χ2n) is 4.49. The molecule has 6 N–H and O–H groups in total. The van der Waals surface area contributed by atoms with Crippen LogP contribution in [-0.2, 0) is 13.0 Å². The number of ether oxygens (including phenoxy) is 1. The maximum atomic E-state index is 10.4. The maximum Gasteiger partial charge on any atom is 0.404 e. The van der Waals surface area contributed by atoms with Crippen LogP contribution in [0.15, 0.2) is 30.3 Å². The molecule has 0 aliphatic carbocycles. The molecule has 1 amide bonds. The topological polar surface area (TPSA) is 136 Å². The van der Waals surface area contributed by atoms with Gasteiger partial charge in [-0.25, -0.2) is 9.78 Å². The van der Waals surface area contributed by atoms with Crippen molar-refractivity contribution in [1.82, 2.24) is 15.3 Å². The lowest BCUT2D eigenvalue weighted by atomic mass is 10.1. The number of amides is 1. The summed E-state index contributed by atoms with van der Waals surface area (Å²) in [5.41, 5.74) is 12.7. The molecule has 0 saturated carbocycles. The van der Waals surface area contributed by atoms with Gasteiger partial charge in [-0.15, -0.1) is 0 Å². The van der Waals surface area contributed by atoms with E-state index in [1.165, 1.54) is 0 Å². The molecule has 0 radical (unpaired) electrons. The number of anilines is 1. The number of carbonyl (C=O) groups is 1. The van der Waals surface area contributed by atoms with Crippen LogP contribution in [0.3, 0.4) is 0 Å². The fraction of sp³-hybridized carbons (Fsp3) is 0.214. The van der Waals surface area contributed by atoms with Gasteiger partial charge in [0.15, 0.2) is 0 Å². The van der Waals surface area contributed by atoms with Gasteiger partial charge < -0.3 is 26.6 Å². The van der Waals surface area contributed by atoms with Crippen molar-refractivity contribution in [2.45, 2.75) is 13.0 Å². The van der Waals surface area contributed by atoms with Gasteiger partial charge in [0.05, 0.1) is 5.69 Å². The molecule has 0 fully saturated rings. The van der Waals surface area contributed by atoms with Crippen molar-refractivity contribution in [3.05, 3.63) is 41.6 Å². The van der Waals surface area contributed by atoms with Gasteiger partial charge in [-0.3, -0.25) is 0 Å². The Morgan fingerprint density at radius 2 is 2.00 bits per heavy atom. The molecule has 22 heavy (non-hydrogen) atoms. The van der Waals surface area contributed by atoms with Crippen molar-refractivity contribution in [2.75, 3.05) is 12.3 Å². The Morgan fingerprint density at radius 1 is 1.27 bits per heavy atom. The van der Waals surface area contributed by atoms with Crippen molar-refractivity contribution < 1.29 is 14.6 Å². The minimum atomic E-state index is -1.03. The first kappa shape index (κ1) is 15.5. The predicted molar refractivity (Wildman–Crippen MR) is 80.6 cm³/mol. The molecule has 0 unspecified atom stereocenters. The maximum absolute atomic E-state index is 10.4. The summed E-state index contributed by atoms with van der Waals surface area (Å²) in [6, 6.07) is 8.88. The Bertz CT molecular complexity index is 645. The van der Waals surface area contributed by atoms with Crippen molar-refractivity contribution >= 4 is 12.0 Å². The molecule has 2 rings (SSSR count). The average Bonchev–Trinajstić information content (AvgIpc) is 2.48. The number of hydrogen-bond acceptors (Lipinski definition) is 6. The van der Waals surface area contributed by atoms with Crippen LogP contribution in [0, 0.1) is 0 Å². The zero-order valence-electron chi connectivity index (χ0n) is 11.8. The van der Waals surface area contributed by atoms with Crippen LogP contribution in [0.25, 0.3) is 0 Å². The van der Waals surface area contributed by atoms with E-state index in [4.69, 9.17) is 21.3 Å². The second kappa shape index (κ2) is 7.23. The van der Waals surface area contributed by atoms with E-state index >= 15 is 0 Å². The van der Waals surface area contributed by atoms with E-state index in [-0.39, 0.29) is 12.5 Å². The molecular formula is C14H17N5O3. The summed E-state index contributed by atoms with van der Waals surface area (Å²) in [7, 11) is 0. The van der Waals surface area contributed by atoms with E-state index in [2.05, 4.69) is 15.3 Å². The van der Waals surface area contributed by atoms with Gasteiger partial charge >= 0.3 is 6.09 Å². The molecule has 8 heteroatoms. The molecule has 2 aromatic rings. The molecule has 0 aliphatic heterocycles. The Labute approximate surface area is 127 Å². The molecular weight excluding hydrogens is 286 g/mol. The second-order valence-corrected chi connectivity index (χ2v) is 4.49. The van der Waals surface area contributed by atoms with Gasteiger partial charge in [-0.1, -0.05) is 12.1 Å². The minimum Gasteiger partial charge on any atom is -0.465 e. The number of nitrogens with one attached hydrogen (secondary N) is 1. The number of nitrogen functional groups attached to an aromatic ring is 1. The van der Waals surface area contributed by atoms with E-state index in [0.717, 1.165) is 5.56 Å². The Balaban J connectivity index is 1.99.